The van der Waals surface area contributed by atoms with Crippen molar-refractivity contribution in [3.8, 4) is 0 Å². The second-order valence-electron chi connectivity index (χ2n) is 4.25. The molecule has 90 valence electrons. The fraction of sp³-hybridized carbons (Fsp3) is 0.818. The molecule has 5 heteroatoms. The maximum absolute atomic E-state index is 5.39. The highest BCUT2D eigenvalue weighted by Crippen LogP contribution is 2.11. The number of nitrogens with zero attached hydrogens (tertiary/aromatic N) is 3. The average molecular weight is 225 g/mol. The van der Waals surface area contributed by atoms with Crippen molar-refractivity contribution in [3.63, 3.8) is 0 Å². The number of rotatable bonds is 4. The van der Waals surface area contributed by atoms with Gasteiger partial charge in [0.2, 0.25) is 5.89 Å². The Morgan fingerprint density at radius 3 is 3.12 bits per heavy atom. The Balaban J connectivity index is 1.91. The molecule has 0 amide bonds. The van der Waals surface area contributed by atoms with E-state index in [1.165, 1.54) is 0 Å². The van der Waals surface area contributed by atoms with Crippen LogP contribution < -0.4 is 0 Å². The third-order valence-corrected chi connectivity index (χ3v) is 2.83. The molecule has 5 nitrogen and oxygen atoms in total. The Morgan fingerprint density at radius 2 is 2.38 bits per heavy atom. The van der Waals surface area contributed by atoms with Crippen molar-refractivity contribution in [3.05, 3.63) is 11.7 Å². The van der Waals surface area contributed by atoms with Crippen molar-refractivity contribution in [1.29, 1.82) is 0 Å². The molecule has 1 atom stereocenters. The lowest BCUT2D eigenvalue weighted by atomic mass is 10.2. The first-order valence-electron chi connectivity index (χ1n) is 5.93. The lowest BCUT2D eigenvalue weighted by Crippen LogP contribution is -2.42. The minimum absolute atomic E-state index is 0.426. The number of aryl methyl sites for hydroxylation is 1. The van der Waals surface area contributed by atoms with E-state index in [2.05, 4.69) is 28.9 Å². The van der Waals surface area contributed by atoms with Gasteiger partial charge in [0.25, 0.3) is 0 Å². The lowest BCUT2D eigenvalue weighted by molar-refractivity contribution is -0.00852. The Kier molecular flexibility index (Phi) is 3.90. The van der Waals surface area contributed by atoms with E-state index in [1.807, 2.05) is 0 Å². The van der Waals surface area contributed by atoms with Gasteiger partial charge in [0.05, 0.1) is 19.8 Å². The quantitative estimate of drug-likeness (QED) is 0.771. The number of hydrogen-bond acceptors (Lipinski definition) is 5. The zero-order valence-corrected chi connectivity index (χ0v) is 9.98. The molecule has 0 aliphatic carbocycles. The second kappa shape index (κ2) is 5.41. The molecule has 0 bridgehead atoms. The summed E-state index contributed by atoms with van der Waals surface area (Å²) in [4.78, 5) is 6.68. The smallest absolute Gasteiger partial charge is 0.240 e. The van der Waals surface area contributed by atoms with Crippen LogP contribution in [0.15, 0.2) is 4.52 Å². The van der Waals surface area contributed by atoms with E-state index in [9.17, 15) is 0 Å². The summed E-state index contributed by atoms with van der Waals surface area (Å²) in [6, 6.07) is 0.426. The number of aromatic nitrogens is 2. The van der Waals surface area contributed by atoms with Crippen LogP contribution in [-0.4, -0.2) is 40.8 Å². The van der Waals surface area contributed by atoms with E-state index in [-0.39, 0.29) is 0 Å². The Hall–Kier alpha value is -0.940. The summed E-state index contributed by atoms with van der Waals surface area (Å²) in [6.07, 6.45) is 1.94. The SMILES string of the molecule is CCCc1noc(CN2CCOC[C@H]2C)n1. The third-order valence-electron chi connectivity index (χ3n) is 2.83. The molecule has 0 spiro atoms. The van der Waals surface area contributed by atoms with Gasteiger partial charge in [-0.3, -0.25) is 4.90 Å². The van der Waals surface area contributed by atoms with Crippen LogP contribution in [0.4, 0.5) is 0 Å². The largest absolute Gasteiger partial charge is 0.379 e. The molecule has 2 heterocycles. The Labute approximate surface area is 95.8 Å². The minimum atomic E-state index is 0.426. The summed E-state index contributed by atoms with van der Waals surface area (Å²) >= 11 is 0. The highest BCUT2D eigenvalue weighted by atomic mass is 16.5. The molecule has 0 radical (unpaired) electrons. The number of morpholine rings is 1. The molecule has 1 fully saturated rings. The van der Waals surface area contributed by atoms with Crippen LogP contribution in [0.2, 0.25) is 0 Å². The van der Waals surface area contributed by atoms with Crippen molar-refractivity contribution < 1.29 is 9.26 Å². The van der Waals surface area contributed by atoms with Gasteiger partial charge in [-0.15, -0.1) is 0 Å². The number of ether oxygens (including phenoxy) is 1. The first kappa shape index (κ1) is 11.5. The van der Waals surface area contributed by atoms with Crippen LogP contribution in [0.1, 0.15) is 32.0 Å². The van der Waals surface area contributed by atoms with Crippen molar-refractivity contribution in [2.45, 2.75) is 39.3 Å². The molecule has 1 aromatic heterocycles. The van der Waals surface area contributed by atoms with Crippen molar-refractivity contribution in [2.75, 3.05) is 19.8 Å². The molecular formula is C11H19N3O2. The molecule has 1 aliphatic rings. The molecule has 0 saturated carbocycles. The fourth-order valence-corrected chi connectivity index (χ4v) is 1.85. The van der Waals surface area contributed by atoms with E-state index in [0.29, 0.717) is 6.04 Å². The lowest BCUT2D eigenvalue weighted by Gasteiger charge is -2.31. The van der Waals surface area contributed by atoms with Gasteiger partial charge in [0.1, 0.15) is 0 Å². The van der Waals surface area contributed by atoms with Crippen molar-refractivity contribution >= 4 is 0 Å². The van der Waals surface area contributed by atoms with Gasteiger partial charge in [0.15, 0.2) is 5.82 Å². The van der Waals surface area contributed by atoms with Crippen LogP contribution >= 0.6 is 0 Å². The predicted molar refractivity (Wildman–Crippen MR) is 59.0 cm³/mol. The standard InChI is InChI=1S/C11H19N3O2/c1-3-4-10-12-11(16-13-10)7-14-5-6-15-8-9(14)2/h9H,3-8H2,1-2H3/t9-/m1/s1. The van der Waals surface area contributed by atoms with E-state index in [4.69, 9.17) is 9.26 Å². The summed E-state index contributed by atoms with van der Waals surface area (Å²) in [7, 11) is 0. The van der Waals surface area contributed by atoms with Gasteiger partial charge >= 0.3 is 0 Å². The fourth-order valence-electron chi connectivity index (χ4n) is 1.85. The first-order valence-corrected chi connectivity index (χ1v) is 5.93. The monoisotopic (exact) mass is 225 g/mol. The molecule has 1 aliphatic heterocycles. The van der Waals surface area contributed by atoms with Gasteiger partial charge in [-0.05, 0) is 13.3 Å². The molecule has 0 N–H and O–H groups in total. The Bertz CT molecular complexity index is 327. The summed E-state index contributed by atoms with van der Waals surface area (Å²) in [5.74, 6) is 1.54. The van der Waals surface area contributed by atoms with Gasteiger partial charge in [-0.25, -0.2) is 0 Å². The average Bonchev–Trinajstić information content (AvgIpc) is 2.70. The van der Waals surface area contributed by atoms with Crippen LogP contribution in [0.25, 0.3) is 0 Å². The third kappa shape index (κ3) is 2.80. The summed E-state index contributed by atoms with van der Waals surface area (Å²) < 4.78 is 10.6. The molecule has 1 aromatic rings. The molecular weight excluding hydrogens is 206 g/mol. The van der Waals surface area contributed by atoms with Crippen molar-refractivity contribution in [2.24, 2.45) is 0 Å². The molecule has 0 unspecified atom stereocenters. The molecule has 16 heavy (non-hydrogen) atoms. The normalized spacial score (nSPS) is 22.5. The van der Waals surface area contributed by atoms with E-state index in [1.54, 1.807) is 0 Å². The van der Waals surface area contributed by atoms with Gasteiger partial charge in [0, 0.05) is 19.0 Å². The van der Waals surface area contributed by atoms with Crippen molar-refractivity contribution in [1.82, 2.24) is 15.0 Å². The Morgan fingerprint density at radius 1 is 1.50 bits per heavy atom. The zero-order valence-electron chi connectivity index (χ0n) is 9.98. The minimum Gasteiger partial charge on any atom is -0.379 e. The molecule has 0 aromatic carbocycles. The first-order chi connectivity index (χ1) is 7.79. The number of hydrogen-bond donors (Lipinski definition) is 0. The van der Waals surface area contributed by atoms with Crippen LogP contribution in [0.5, 0.6) is 0 Å². The van der Waals surface area contributed by atoms with E-state index >= 15 is 0 Å². The summed E-state index contributed by atoms with van der Waals surface area (Å²) in [5, 5.41) is 3.95. The summed E-state index contributed by atoms with van der Waals surface area (Å²) in [6.45, 7) is 7.52. The maximum atomic E-state index is 5.39. The van der Waals surface area contributed by atoms with Crippen LogP contribution in [0.3, 0.4) is 0 Å². The van der Waals surface area contributed by atoms with Gasteiger partial charge < -0.3 is 9.26 Å². The highest BCUT2D eigenvalue weighted by Gasteiger charge is 2.20. The maximum Gasteiger partial charge on any atom is 0.240 e. The van der Waals surface area contributed by atoms with E-state index in [0.717, 1.165) is 50.9 Å². The van der Waals surface area contributed by atoms with E-state index < -0.39 is 0 Å². The van der Waals surface area contributed by atoms with Crippen LogP contribution in [-0.2, 0) is 17.7 Å². The van der Waals surface area contributed by atoms with Gasteiger partial charge in [-0.1, -0.05) is 12.1 Å². The highest BCUT2D eigenvalue weighted by molar-refractivity contribution is 4.87. The summed E-state index contributed by atoms with van der Waals surface area (Å²) in [5.41, 5.74) is 0. The predicted octanol–water partition coefficient (Wildman–Crippen LogP) is 1.24. The molecule has 1 saturated heterocycles. The zero-order chi connectivity index (χ0) is 11.4. The molecule has 2 rings (SSSR count). The second-order valence-corrected chi connectivity index (χ2v) is 4.25. The van der Waals surface area contributed by atoms with Crippen LogP contribution in [0, 0.1) is 0 Å². The topological polar surface area (TPSA) is 51.4 Å². The van der Waals surface area contributed by atoms with Gasteiger partial charge in [-0.2, -0.15) is 4.98 Å².